The first-order valence-corrected chi connectivity index (χ1v) is 13.6. The maximum absolute atomic E-state index is 13.5. The van der Waals surface area contributed by atoms with Crippen LogP contribution in [-0.2, 0) is 17.8 Å². The molecule has 1 aromatic heterocycles. The van der Waals surface area contributed by atoms with Gasteiger partial charge in [-0.15, -0.1) is 0 Å². The molecule has 3 atom stereocenters. The molecular formula is C30H39N5O5. The highest BCUT2D eigenvalue weighted by Crippen LogP contribution is 2.29. The number of anilines is 2. The van der Waals surface area contributed by atoms with E-state index in [1.807, 2.05) is 25.1 Å². The van der Waals surface area contributed by atoms with Crippen molar-refractivity contribution in [2.45, 2.75) is 52.8 Å². The Balaban J connectivity index is 1.57. The Kier molecular flexibility index (Phi) is 9.44. The summed E-state index contributed by atoms with van der Waals surface area (Å²) in [5.74, 6) is 1.01. The molecule has 0 saturated heterocycles. The SMILES string of the molecule is Cc1noc(C)c1NC(=O)Nc1ccc2c(c1)CC(=O)N([C@H](C)CO)C[C@@H](C)[C@H](CN(C)Cc1ccccc1)O2. The highest BCUT2D eigenvalue weighted by Gasteiger charge is 2.31. The molecule has 10 heteroatoms. The van der Waals surface area contributed by atoms with Gasteiger partial charge in [-0.3, -0.25) is 9.69 Å². The molecule has 1 aliphatic heterocycles. The molecule has 0 aliphatic carbocycles. The zero-order valence-electron chi connectivity index (χ0n) is 23.8. The largest absolute Gasteiger partial charge is 0.488 e. The number of nitrogens with zero attached hydrogens (tertiary/aromatic N) is 3. The topological polar surface area (TPSA) is 120 Å². The summed E-state index contributed by atoms with van der Waals surface area (Å²) in [5.41, 5.74) is 3.49. The van der Waals surface area contributed by atoms with Crippen LogP contribution in [0.1, 0.15) is 36.4 Å². The molecule has 2 heterocycles. The van der Waals surface area contributed by atoms with E-state index in [0.29, 0.717) is 47.2 Å². The van der Waals surface area contributed by atoms with Crippen molar-refractivity contribution in [2.24, 2.45) is 5.92 Å². The molecule has 3 aromatic rings. The predicted molar refractivity (Wildman–Crippen MR) is 153 cm³/mol. The summed E-state index contributed by atoms with van der Waals surface area (Å²) in [7, 11) is 2.06. The number of rotatable bonds is 8. The van der Waals surface area contributed by atoms with Crippen LogP contribution >= 0.6 is 0 Å². The highest BCUT2D eigenvalue weighted by atomic mass is 16.5. The first kappa shape index (κ1) is 29.1. The Morgan fingerprint density at radius 2 is 1.95 bits per heavy atom. The van der Waals surface area contributed by atoms with Gasteiger partial charge in [0.25, 0.3) is 0 Å². The summed E-state index contributed by atoms with van der Waals surface area (Å²) >= 11 is 0. The van der Waals surface area contributed by atoms with Crippen LogP contribution in [0.15, 0.2) is 53.1 Å². The molecule has 214 valence electrons. The lowest BCUT2D eigenvalue weighted by atomic mass is 10.0. The van der Waals surface area contributed by atoms with Crippen LogP contribution < -0.4 is 15.4 Å². The second-order valence-corrected chi connectivity index (χ2v) is 10.7. The van der Waals surface area contributed by atoms with Gasteiger partial charge in [0.1, 0.15) is 23.2 Å². The van der Waals surface area contributed by atoms with Gasteiger partial charge in [0.2, 0.25) is 5.91 Å². The molecule has 3 N–H and O–H groups in total. The van der Waals surface area contributed by atoms with Gasteiger partial charge in [-0.05, 0) is 51.6 Å². The highest BCUT2D eigenvalue weighted by molar-refractivity contribution is 6.00. The van der Waals surface area contributed by atoms with Crippen molar-refractivity contribution >= 4 is 23.3 Å². The van der Waals surface area contributed by atoms with E-state index in [1.54, 1.807) is 36.9 Å². The van der Waals surface area contributed by atoms with E-state index in [4.69, 9.17) is 9.26 Å². The minimum atomic E-state index is -0.450. The van der Waals surface area contributed by atoms with E-state index >= 15 is 0 Å². The number of fused-ring (bicyclic) bond motifs is 1. The number of aryl methyl sites for hydroxylation is 2. The van der Waals surface area contributed by atoms with Gasteiger partial charge in [0, 0.05) is 36.8 Å². The number of nitrogens with one attached hydrogen (secondary N) is 2. The molecule has 10 nitrogen and oxygen atoms in total. The van der Waals surface area contributed by atoms with Crippen molar-refractivity contribution in [3.05, 3.63) is 71.1 Å². The van der Waals surface area contributed by atoms with Crippen LogP contribution in [0.3, 0.4) is 0 Å². The number of urea groups is 1. The van der Waals surface area contributed by atoms with E-state index in [-0.39, 0.29) is 37.0 Å². The molecule has 0 bridgehead atoms. The molecule has 3 amide bonds. The van der Waals surface area contributed by atoms with E-state index in [1.165, 1.54) is 5.56 Å². The molecule has 0 saturated carbocycles. The summed E-state index contributed by atoms with van der Waals surface area (Å²) in [5, 5.41) is 19.3. The second kappa shape index (κ2) is 13.0. The van der Waals surface area contributed by atoms with Crippen molar-refractivity contribution in [1.29, 1.82) is 0 Å². The lowest BCUT2D eigenvalue weighted by Crippen LogP contribution is -2.47. The fourth-order valence-corrected chi connectivity index (χ4v) is 4.93. The number of aromatic nitrogens is 1. The number of likely N-dealkylation sites (N-methyl/N-ethyl adjacent to an activating group) is 1. The van der Waals surface area contributed by atoms with Crippen molar-refractivity contribution in [1.82, 2.24) is 15.0 Å². The number of hydrogen-bond acceptors (Lipinski definition) is 7. The molecule has 0 radical (unpaired) electrons. The smallest absolute Gasteiger partial charge is 0.323 e. The van der Waals surface area contributed by atoms with E-state index in [2.05, 4.69) is 46.8 Å². The van der Waals surface area contributed by atoms with Crippen LogP contribution in [0.2, 0.25) is 0 Å². The van der Waals surface area contributed by atoms with Crippen LogP contribution in [0.25, 0.3) is 0 Å². The van der Waals surface area contributed by atoms with Crippen LogP contribution in [0, 0.1) is 19.8 Å². The number of ether oxygens (including phenoxy) is 1. The molecule has 0 unspecified atom stereocenters. The quantitative estimate of drug-likeness (QED) is 0.385. The van der Waals surface area contributed by atoms with Gasteiger partial charge in [-0.2, -0.15) is 0 Å². The lowest BCUT2D eigenvalue weighted by Gasteiger charge is -2.34. The third kappa shape index (κ3) is 7.19. The third-order valence-corrected chi connectivity index (χ3v) is 7.23. The van der Waals surface area contributed by atoms with Gasteiger partial charge in [0.15, 0.2) is 5.76 Å². The summed E-state index contributed by atoms with van der Waals surface area (Å²) in [6.07, 6.45) is -0.131. The number of carbonyl (C=O) groups is 2. The average Bonchev–Trinajstić information content (AvgIpc) is 3.25. The van der Waals surface area contributed by atoms with Gasteiger partial charge in [-0.25, -0.2) is 4.79 Å². The van der Waals surface area contributed by atoms with Crippen molar-refractivity contribution in [3.63, 3.8) is 0 Å². The Labute approximate surface area is 235 Å². The molecule has 4 rings (SSSR count). The summed E-state index contributed by atoms with van der Waals surface area (Å²) in [6, 6.07) is 14.8. The first-order valence-electron chi connectivity index (χ1n) is 13.6. The average molecular weight is 550 g/mol. The number of aliphatic hydroxyl groups excluding tert-OH is 1. The zero-order chi connectivity index (χ0) is 28.8. The molecular weight excluding hydrogens is 510 g/mol. The van der Waals surface area contributed by atoms with E-state index < -0.39 is 6.03 Å². The zero-order valence-corrected chi connectivity index (χ0v) is 23.8. The predicted octanol–water partition coefficient (Wildman–Crippen LogP) is 4.22. The maximum Gasteiger partial charge on any atom is 0.323 e. The van der Waals surface area contributed by atoms with Gasteiger partial charge in [0.05, 0.1) is 19.1 Å². The van der Waals surface area contributed by atoms with Gasteiger partial charge >= 0.3 is 6.03 Å². The van der Waals surface area contributed by atoms with Crippen LogP contribution in [0.5, 0.6) is 5.75 Å². The van der Waals surface area contributed by atoms with Crippen LogP contribution in [-0.4, -0.2) is 70.9 Å². The Hall–Kier alpha value is -3.89. The van der Waals surface area contributed by atoms with Crippen molar-refractivity contribution in [3.8, 4) is 5.75 Å². The van der Waals surface area contributed by atoms with Crippen LogP contribution in [0.4, 0.5) is 16.2 Å². The van der Waals surface area contributed by atoms with E-state index in [0.717, 1.165) is 6.54 Å². The molecule has 1 aliphatic rings. The minimum Gasteiger partial charge on any atom is -0.488 e. The summed E-state index contributed by atoms with van der Waals surface area (Å²) in [6.45, 7) is 9.13. The van der Waals surface area contributed by atoms with E-state index in [9.17, 15) is 14.7 Å². The first-order chi connectivity index (χ1) is 19.1. The number of aliphatic hydroxyl groups is 1. The number of amides is 3. The normalized spacial score (nSPS) is 18.3. The fraction of sp³-hybridized carbons (Fsp3) is 0.433. The van der Waals surface area contributed by atoms with Crippen molar-refractivity contribution < 1.29 is 24.0 Å². The number of hydrogen-bond donors (Lipinski definition) is 3. The molecule has 40 heavy (non-hydrogen) atoms. The Morgan fingerprint density at radius 1 is 1.20 bits per heavy atom. The molecule has 2 aromatic carbocycles. The molecule has 0 fully saturated rings. The third-order valence-electron chi connectivity index (χ3n) is 7.23. The molecule has 0 spiro atoms. The monoisotopic (exact) mass is 549 g/mol. The summed E-state index contributed by atoms with van der Waals surface area (Å²) in [4.78, 5) is 30.1. The van der Waals surface area contributed by atoms with Crippen molar-refractivity contribution in [2.75, 3.05) is 37.4 Å². The lowest BCUT2D eigenvalue weighted by molar-refractivity contribution is -0.134. The Morgan fingerprint density at radius 3 is 2.62 bits per heavy atom. The van der Waals surface area contributed by atoms with Gasteiger partial charge in [-0.1, -0.05) is 42.4 Å². The maximum atomic E-state index is 13.5. The Bertz CT molecular complexity index is 1290. The number of benzene rings is 2. The minimum absolute atomic E-state index is 0.000696. The van der Waals surface area contributed by atoms with Gasteiger partial charge < -0.3 is 29.9 Å². The second-order valence-electron chi connectivity index (χ2n) is 10.7. The standard InChI is InChI=1S/C30H39N5O5/c1-19-15-35(20(2)18-36)28(37)14-24-13-25(31-30(38)32-29-21(3)33-40-22(29)4)11-12-26(24)39-27(19)17-34(5)16-23-9-7-6-8-10-23/h6-13,19-20,27,36H,14-18H2,1-5H3,(H2,31,32,38)/t19-,20-,27+/m1/s1. The fourth-order valence-electron chi connectivity index (χ4n) is 4.93. The summed E-state index contributed by atoms with van der Waals surface area (Å²) < 4.78 is 11.7. The number of carbonyl (C=O) groups excluding carboxylic acids is 2.